The van der Waals surface area contributed by atoms with E-state index >= 15 is 0 Å². The Balaban J connectivity index is 1.20. The van der Waals surface area contributed by atoms with Gasteiger partial charge in [0, 0.05) is 23.9 Å². The van der Waals surface area contributed by atoms with E-state index < -0.39 is 23.6 Å². The molecule has 2 aliphatic rings. The number of anilines is 3. The maximum absolute atomic E-state index is 14.4. The van der Waals surface area contributed by atoms with Crippen LogP contribution in [0.25, 0.3) is 27.9 Å². The summed E-state index contributed by atoms with van der Waals surface area (Å²) in [5.74, 6) is -1.07. The monoisotopic (exact) mass is 541 g/mol. The number of hydrogen-bond acceptors (Lipinski definition) is 7. The number of nitrogen functional groups attached to an aromatic ring is 1. The quantitative estimate of drug-likeness (QED) is 0.265. The highest BCUT2D eigenvalue weighted by Gasteiger charge is 2.66. The summed E-state index contributed by atoms with van der Waals surface area (Å²) in [6, 6.07) is 3.71. The van der Waals surface area contributed by atoms with Gasteiger partial charge in [-0.05, 0) is 37.8 Å². The van der Waals surface area contributed by atoms with Crippen molar-refractivity contribution in [1.82, 2.24) is 29.1 Å². The van der Waals surface area contributed by atoms with Crippen molar-refractivity contribution in [2.45, 2.75) is 43.3 Å². The molecule has 11 nitrogen and oxygen atoms in total. The van der Waals surface area contributed by atoms with Gasteiger partial charge in [0.25, 0.3) is 0 Å². The SMILES string of the molecule is Nc1ncnc2c1c(-c1ccc(NC(=O)Nc3cc(C4(C(F)(F)F)CC4)on3)c3nc(F)cn13)cn2C1CC1. The fourth-order valence-corrected chi connectivity index (χ4v) is 4.92. The van der Waals surface area contributed by atoms with Crippen LogP contribution >= 0.6 is 0 Å². The number of alkyl halides is 3. The second-order valence-corrected chi connectivity index (χ2v) is 9.76. The number of pyridine rings is 1. The number of carbonyl (C=O) groups is 1. The number of hydrogen-bond donors (Lipinski definition) is 3. The van der Waals surface area contributed by atoms with E-state index in [1.54, 1.807) is 6.07 Å². The van der Waals surface area contributed by atoms with Crippen molar-refractivity contribution >= 4 is 40.0 Å². The van der Waals surface area contributed by atoms with Gasteiger partial charge in [-0.25, -0.2) is 14.8 Å². The molecule has 5 heterocycles. The predicted molar refractivity (Wildman–Crippen MR) is 130 cm³/mol. The molecule has 2 saturated carbocycles. The van der Waals surface area contributed by atoms with E-state index in [1.165, 1.54) is 23.0 Å². The maximum atomic E-state index is 14.4. The van der Waals surface area contributed by atoms with Gasteiger partial charge >= 0.3 is 12.2 Å². The van der Waals surface area contributed by atoms with Crippen LogP contribution in [0.3, 0.4) is 0 Å². The van der Waals surface area contributed by atoms with Gasteiger partial charge in [-0.15, -0.1) is 0 Å². The Morgan fingerprint density at radius 2 is 1.92 bits per heavy atom. The average molecular weight is 541 g/mol. The molecular weight excluding hydrogens is 522 g/mol. The van der Waals surface area contributed by atoms with Crippen LogP contribution in [0.1, 0.15) is 37.5 Å². The normalized spacial score (nSPS) is 16.6. The standard InChI is InChI=1S/C24H19F4N9O2/c25-16-9-37-14(12-8-36(11-1-2-11)21-18(12)19(29)30-10-31-21)4-3-13(20(37)33-16)32-22(38)34-17-7-15(39-35-17)23(5-6-23)24(26,27)28/h3-4,7-11H,1-2,5-6H2,(H2,29,30,31)(H2,32,34,35,38). The molecule has 39 heavy (non-hydrogen) atoms. The molecule has 5 aromatic rings. The van der Waals surface area contributed by atoms with Crippen molar-refractivity contribution in [2.24, 2.45) is 0 Å². The Bertz CT molecular complexity index is 1780. The Kier molecular flexibility index (Phi) is 4.75. The molecule has 2 aliphatic carbocycles. The number of imidazole rings is 1. The van der Waals surface area contributed by atoms with Gasteiger partial charge < -0.3 is 20.1 Å². The summed E-state index contributed by atoms with van der Waals surface area (Å²) in [5.41, 5.74) is 6.25. The van der Waals surface area contributed by atoms with Crippen LogP contribution in [-0.2, 0) is 5.41 Å². The highest BCUT2D eigenvalue weighted by Crippen LogP contribution is 2.59. The van der Waals surface area contributed by atoms with Gasteiger partial charge in [0.1, 0.15) is 23.2 Å². The van der Waals surface area contributed by atoms with Gasteiger partial charge in [-0.3, -0.25) is 9.72 Å². The van der Waals surface area contributed by atoms with Crippen molar-refractivity contribution in [3.8, 4) is 11.3 Å². The van der Waals surface area contributed by atoms with Crippen LogP contribution in [0, 0.1) is 5.95 Å². The summed E-state index contributed by atoms with van der Waals surface area (Å²) in [6.45, 7) is 0. The zero-order chi connectivity index (χ0) is 27.1. The third kappa shape index (κ3) is 3.67. The third-order valence-corrected chi connectivity index (χ3v) is 7.20. The summed E-state index contributed by atoms with van der Waals surface area (Å²) >= 11 is 0. The lowest BCUT2D eigenvalue weighted by atomic mass is 10.0. The molecule has 0 saturated heterocycles. The molecule has 0 bridgehead atoms. The zero-order valence-electron chi connectivity index (χ0n) is 20.0. The van der Waals surface area contributed by atoms with Gasteiger partial charge in [-0.1, -0.05) is 5.16 Å². The van der Waals surface area contributed by atoms with E-state index in [4.69, 9.17) is 10.3 Å². The first-order valence-corrected chi connectivity index (χ1v) is 12.1. The topological polar surface area (TPSA) is 141 Å². The van der Waals surface area contributed by atoms with E-state index in [-0.39, 0.29) is 47.6 Å². The number of nitrogens with zero attached hydrogens (tertiary/aromatic N) is 6. The molecule has 0 aliphatic heterocycles. The second-order valence-electron chi connectivity index (χ2n) is 9.76. The summed E-state index contributed by atoms with van der Waals surface area (Å²) in [5, 5.41) is 9.05. The summed E-state index contributed by atoms with van der Waals surface area (Å²) in [6.07, 6.45) is 1.78. The number of carbonyl (C=O) groups excluding carboxylic acids is 1. The third-order valence-electron chi connectivity index (χ3n) is 7.20. The molecule has 200 valence electrons. The number of nitrogens with two attached hydrogens (primary N) is 1. The van der Waals surface area contributed by atoms with Crippen LogP contribution in [-0.4, -0.2) is 41.3 Å². The largest absolute Gasteiger partial charge is 0.401 e. The van der Waals surface area contributed by atoms with E-state index in [1.807, 2.05) is 10.8 Å². The lowest BCUT2D eigenvalue weighted by Crippen LogP contribution is -2.28. The van der Waals surface area contributed by atoms with Crippen molar-refractivity contribution in [3.63, 3.8) is 0 Å². The van der Waals surface area contributed by atoms with Crippen molar-refractivity contribution in [1.29, 1.82) is 0 Å². The van der Waals surface area contributed by atoms with Crippen LogP contribution < -0.4 is 16.4 Å². The minimum absolute atomic E-state index is 0.0951. The Labute approximate surface area is 216 Å². The van der Waals surface area contributed by atoms with Gasteiger partial charge in [-0.2, -0.15) is 22.5 Å². The summed E-state index contributed by atoms with van der Waals surface area (Å²) in [7, 11) is 0. The molecule has 0 atom stereocenters. The fourth-order valence-electron chi connectivity index (χ4n) is 4.92. The van der Waals surface area contributed by atoms with Crippen LogP contribution in [0.2, 0.25) is 0 Å². The van der Waals surface area contributed by atoms with Gasteiger partial charge in [0.15, 0.2) is 17.2 Å². The Morgan fingerprint density at radius 3 is 2.64 bits per heavy atom. The average Bonchev–Trinajstić information content (AvgIpc) is 3.77. The number of aromatic nitrogens is 6. The Hall–Kier alpha value is -4.69. The van der Waals surface area contributed by atoms with Gasteiger partial charge in [0.05, 0.1) is 23.0 Å². The van der Waals surface area contributed by atoms with Crippen LogP contribution in [0.4, 0.5) is 39.7 Å². The minimum atomic E-state index is -4.48. The number of rotatable bonds is 5. The number of urea groups is 1. The first-order chi connectivity index (χ1) is 18.6. The smallest absolute Gasteiger partial charge is 0.383 e. The molecule has 2 amide bonds. The molecule has 15 heteroatoms. The molecule has 0 unspecified atom stereocenters. The molecular formula is C24H19F4N9O2. The summed E-state index contributed by atoms with van der Waals surface area (Å²) < 4.78 is 62.8. The molecule has 5 aromatic heterocycles. The van der Waals surface area contributed by atoms with E-state index in [0.717, 1.165) is 18.9 Å². The maximum Gasteiger partial charge on any atom is 0.401 e. The molecule has 0 spiro atoms. The molecule has 2 fully saturated rings. The van der Waals surface area contributed by atoms with Crippen molar-refractivity contribution in [3.05, 3.63) is 48.6 Å². The number of amides is 2. The van der Waals surface area contributed by atoms with Crippen molar-refractivity contribution in [2.75, 3.05) is 16.4 Å². The van der Waals surface area contributed by atoms with Crippen molar-refractivity contribution < 1.29 is 26.9 Å². The molecule has 0 aromatic carbocycles. The molecule has 4 N–H and O–H groups in total. The highest BCUT2D eigenvalue weighted by molar-refractivity contribution is 6.03. The first-order valence-electron chi connectivity index (χ1n) is 12.1. The lowest BCUT2D eigenvalue weighted by molar-refractivity contribution is -0.165. The number of nitrogens with one attached hydrogen (secondary N) is 2. The number of fused-ring (bicyclic) bond motifs is 2. The lowest BCUT2D eigenvalue weighted by Gasteiger charge is -2.15. The van der Waals surface area contributed by atoms with Crippen LogP contribution in [0.5, 0.6) is 0 Å². The van der Waals surface area contributed by atoms with Gasteiger partial charge in [0.2, 0.25) is 5.95 Å². The van der Waals surface area contributed by atoms with E-state index in [2.05, 4.69) is 30.7 Å². The minimum Gasteiger partial charge on any atom is -0.383 e. The second kappa shape index (κ2) is 7.91. The fraction of sp³-hybridized carbons (Fsp3) is 0.292. The Morgan fingerprint density at radius 1 is 1.13 bits per heavy atom. The zero-order valence-corrected chi connectivity index (χ0v) is 20.0. The first kappa shape index (κ1) is 23.4. The van der Waals surface area contributed by atoms with Crippen LogP contribution in [0.15, 0.2) is 41.4 Å². The molecule has 7 rings (SSSR count). The van der Waals surface area contributed by atoms with E-state index in [0.29, 0.717) is 22.3 Å². The summed E-state index contributed by atoms with van der Waals surface area (Å²) in [4.78, 5) is 25.1. The molecule has 0 radical (unpaired) electrons. The van der Waals surface area contributed by atoms with E-state index in [9.17, 15) is 22.4 Å². The predicted octanol–water partition coefficient (Wildman–Crippen LogP) is 5.03. The number of halogens is 4. The highest BCUT2D eigenvalue weighted by atomic mass is 19.4.